The van der Waals surface area contributed by atoms with E-state index in [0.717, 1.165) is 58.5 Å². The number of nitrogens with zero attached hydrogens (tertiary/aromatic N) is 2. The Balaban J connectivity index is 1.60. The summed E-state index contributed by atoms with van der Waals surface area (Å²) in [6, 6.07) is 11.6. The first-order valence-electron chi connectivity index (χ1n) is 10.0. The second-order valence-electron chi connectivity index (χ2n) is 7.51. The van der Waals surface area contributed by atoms with Gasteiger partial charge in [0.15, 0.2) is 0 Å². The fourth-order valence-electron chi connectivity index (χ4n) is 4.19. The summed E-state index contributed by atoms with van der Waals surface area (Å²) in [6.07, 6.45) is 4.04. The number of benzene rings is 1. The minimum absolute atomic E-state index is 0.0310. The van der Waals surface area contributed by atoms with Crippen molar-refractivity contribution in [2.45, 2.75) is 57.2 Å². The Hall–Kier alpha value is -1.92. The lowest BCUT2D eigenvalue weighted by Gasteiger charge is -2.43. The number of carboxylic acid groups (broad SMARTS) is 1. The molecule has 1 aromatic rings. The highest BCUT2D eigenvalue weighted by atomic mass is 16.5. The number of hydrogen-bond acceptors (Lipinski definition) is 4. The summed E-state index contributed by atoms with van der Waals surface area (Å²) in [4.78, 5) is 27.4. The van der Waals surface area contributed by atoms with Crippen LogP contribution >= 0.6 is 0 Å². The van der Waals surface area contributed by atoms with Crippen LogP contribution in [0.3, 0.4) is 0 Å². The van der Waals surface area contributed by atoms with Crippen molar-refractivity contribution in [1.29, 1.82) is 0 Å². The number of aliphatic carboxylic acids is 1. The highest BCUT2D eigenvalue weighted by Gasteiger charge is 2.31. The second kappa shape index (κ2) is 9.85. The van der Waals surface area contributed by atoms with E-state index in [0.29, 0.717) is 12.1 Å². The molecule has 1 N–H and O–H groups in total. The lowest BCUT2D eigenvalue weighted by Crippen LogP contribution is -2.51. The summed E-state index contributed by atoms with van der Waals surface area (Å²) in [7, 11) is 0. The number of piperidine rings is 1. The van der Waals surface area contributed by atoms with Crippen LogP contribution < -0.4 is 0 Å². The molecule has 1 amide bonds. The molecule has 1 aromatic carbocycles. The smallest absolute Gasteiger partial charge is 0.303 e. The quantitative estimate of drug-likeness (QED) is 0.794. The maximum atomic E-state index is 12.2. The third-order valence-electron chi connectivity index (χ3n) is 5.71. The molecule has 27 heavy (non-hydrogen) atoms. The van der Waals surface area contributed by atoms with Crippen molar-refractivity contribution in [3.05, 3.63) is 35.9 Å². The van der Waals surface area contributed by atoms with Crippen LogP contribution in [0.4, 0.5) is 0 Å². The third-order valence-corrected chi connectivity index (χ3v) is 5.71. The molecule has 3 rings (SSSR count). The van der Waals surface area contributed by atoms with Crippen molar-refractivity contribution in [3.8, 4) is 0 Å². The van der Waals surface area contributed by atoms with Gasteiger partial charge in [0.05, 0.1) is 6.42 Å². The Morgan fingerprint density at radius 3 is 2.26 bits per heavy atom. The predicted octanol–water partition coefficient (Wildman–Crippen LogP) is 2.52. The highest BCUT2D eigenvalue weighted by molar-refractivity contribution is 5.80. The molecule has 2 fully saturated rings. The van der Waals surface area contributed by atoms with Gasteiger partial charge in [0.25, 0.3) is 0 Å². The summed E-state index contributed by atoms with van der Waals surface area (Å²) in [5.41, 5.74) is 1.32. The number of carbonyl (C=O) groups excluding carboxylic acids is 1. The molecule has 0 unspecified atom stereocenters. The Morgan fingerprint density at radius 1 is 1.00 bits per heavy atom. The van der Waals surface area contributed by atoms with Crippen molar-refractivity contribution in [2.24, 2.45) is 0 Å². The Labute approximate surface area is 161 Å². The molecular weight excluding hydrogens is 344 g/mol. The summed E-state index contributed by atoms with van der Waals surface area (Å²) in [6.45, 7) is 4.02. The molecule has 0 aromatic heterocycles. The van der Waals surface area contributed by atoms with Crippen molar-refractivity contribution in [2.75, 3.05) is 26.3 Å². The molecule has 0 saturated carbocycles. The number of hydrogen-bond donors (Lipinski definition) is 1. The van der Waals surface area contributed by atoms with E-state index in [1.54, 1.807) is 0 Å². The van der Waals surface area contributed by atoms with Crippen LogP contribution in [0, 0.1) is 0 Å². The SMILES string of the molecule is O=C(O)CCC(=O)N1CCC(N(Cc2ccccc2)C2CCOCC2)CC1. The predicted molar refractivity (Wildman–Crippen MR) is 102 cm³/mol. The van der Waals surface area contributed by atoms with E-state index in [4.69, 9.17) is 9.84 Å². The topological polar surface area (TPSA) is 70.1 Å². The zero-order chi connectivity index (χ0) is 19.1. The van der Waals surface area contributed by atoms with Gasteiger partial charge in [0.1, 0.15) is 0 Å². The number of ether oxygens (including phenoxy) is 1. The Morgan fingerprint density at radius 2 is 1.63 bits per heavy atom. The van der Waals surface area contributed by atoms with E-state index in [2.05, 4.69) is 29.2 Å². The molecule has 2 aliphatic heterocycles. The average molecular weight is 374 g/mol. The summed E-state index contributed by atoms with van der Waals surface area (Å²) < 4.78 is 5.55. The molecular formula is C21H30N2O4. The number of carboxylic acids is 1. The number of likely N-dealkylation sites (tertiary alicyclic amines) is 1. The van der Waals surface area contributed by atoms with E-state index in [1.165, 1.54) is 5.56 Å². The van der Waals surface area contributed by atoms with Gasteiger partial charge in [-0.3, -0.25) is 14.5 Å². The van der Waals surface area contributed by atoms with E-state index in [-0.39, 0.29) is 18.7 Å². The first-order valence-corrected chi connectivity index (χ1v) is 10.0. The molecule has 2 heterocycles. The van der Waals surface area contributed by atoms with Crippen molar-refractivity contribution in [1.82, 2.24) is 9.80 Å². The van der Waals surface area contributed by atoms with Crippen LogP contribution in [0.15, 0.2) is 30.3 Å². The molecule has 0 spiro atoms. The molecule has 0 atom stereocenters. The Kier molecular flexibility index (Phi) is 7.24. The van der Waals surface area contributed by atoms with Gasteiger partial charge in [-0.15, -0.1) is 0 Å². The van der Waals surface area contributed by atoms with Crippen molar-refractivity contribution in [3.63, 3.8) is 0 Å². The second-order valence-corrected chi connectivity index (χ2v) is 7.51. The van der Waals surface area contributed by atoms with E-state index in [1.807, 2.05) is 11.0 Å². The average Bonchev–Trinajstić information content (AvgIpc) is 2.72. The van der Waals surface area contributed by atoms with Crippen LogP contribution in [-0.4, -0.2) is 65.2 Å². The third kappa shape index (κ3) is 5.78. The lowest BCUT2D eigenvalue weighted by molar-refractivity contribution is -0.141. The Bertz CT molecular complexity index is 608. The maximum absolute atomic E-state index is 12.2. The van der Waals surface area contributed by atoms with Crippen molar-refractivity contribution >= 4 is 11.9 Å². The van der Waals surface area contributed by atoms with Gasteiger partial charge in [0.2, 0.25) is 5.91 Å². The minimum atomic E-state index is -0.910. The van der Waals surface area contributed by atoms with Gasteiger partial charge >= 0.3 is 5.97 Å². The van der Waals surface area contributed by atoms with E-state index < -0.39 is 5.97 Å². The number of amides is 1. The van der Waals surface area contributed by atoms with E-state index >= 15 is 0 Å². The summed E-state index contributed by atoms with van der Waals surface area (Å²) in [5, 5.41) is 8.77. The number of rotatable bonds is 7. The molecule has 6 nitrogen and oxygen atoms in total. The zero-order valence-corrected chi connectivity index (χ0v) is 15.9. The van der Waals surface area contributed by atoms with Crippen LogP contribution in [-0.2, 0) is 20.9 Å². The minimum Gasteiger partial charge on any atom is -0.481 e. The van der Waals surface area contributed by atoms with Gasteiger partial charge in [-0.2, -0.15) is 0 Å². The van der Waals surface area contributed by atoms with Crippen LogP contribution in [0.1, 0.15) is 44.1 Å². The normalized spacial score (nSPS) is 19.4. The first-order chi connectivity index (χ1) is 13.1. The fourth-order valence-corrected chi connectivity index (χ4v) is 4.19. The van der Waals surface area contributed by atoms with Gasteiger partial charge in [-0.05, 0) is 31.2 Å². The van der Waals surface area contributed by atoms with Gasteiger partial charge in [0, 0.05) is 51.4 Å². The van der Waals surface area contributed by atoms with Crippen molar-refractivity contribution < 1.29 is 19.4 Å². The first kappa shape index (κ1) is 19.8. The molecule has 148 valence electrons. The van der Waals surface area contributed by atoms with Crippen LogP contribution in [0.2, 0.25) is 0 Å². The van der Waals surface area contributed by atoms with Gasteiger partial charge in [-0.1, -0.05) is 30.3 Å². The number of carbonyl (C=O) groups is 2. The monoisotopic (exact) mass is 374 g/mol. The highest BCUT2D eigenvalue weighted by Crippen LogP contribution is 2.26. The fraction of sp³-hybridized carbons (Fsp3) is 0.619. The maximum Gasteiger partial charge on any atom is 0.303 e. The molecule has 6 heteroatoms. The summed E-state index contributed by atoms with van der Waals surface area (Å²) in [5.74, 6) is -0.941. The molecule has 2 aliphatic rings. The van der Waals surface area contributed by atoms with Crippen LogP contribution in [0.5, 0.6) is 0 Å². The molecule has 2 saturated heterocycles. The van der Waals surface area contributed by atoms with Gasteiger partial charge in [-0.25, -0.2) is 0 Å². The largest absolute Gasteiger partial charge is 0.481 e. The van der Waals surface area contributed by atoms with Crippen LogP contribution in [0.25, 0.3) is 0 Å². The molecule has 0 aliphatic carbocycles. The lowest BCUT2D eigenvalue weighted by atomic mass is 9.96. The molecule has 0 bridgehead atoms. The molecule has 0 radical (unpaired) electrons. The summed E-state index contributed by atoms with van der Waals surface area (Å²) >= 11 is 0. The van der Waals surface area contributed by atoms with Gasteiger partial charge < -0.3 is 14.7 Å². The van der Waals surface area contributed by atoms with E-state index in [9.17, 15) is 9.59 Å². The zero-order valence-electron chi connectivity index (χ0n) is 15.9. The standard InChI is InChI=1S/C21H30N2O4/c24-20(6-7-21(25)26)22-12-8-18(9-13-22)23(19-10-14-27-15-11-19)16-17-4-2-1-3-5-17/h1-5,18-19H,6-16H2,(H,25,26).